The number of anilines is 2. The van der Waals surface area contributed by atoms with Crippen LogP contribution < -0.4 is 16.6 Å². The zero-order valence-electron chi connectivity index (χ0n) is 14.2. The molecule has 1 atom stereocenters. The number of H-pyrrole nitrogens is 1. The number of nitrogen functional groups attached to an aromatic ring is 1. The molecule has 3 aromatic heterocycles. The van der Waals surface area contributed by atoms with Gasteiger partial charge in [-0.25, -0.2) is 9.97 Å². The van der Waals surface area contributed by atoms with E-state index in [1.165, 1.54) is 18.7 Å². The van der Waals surface area contributed by atoms with Crippen LogP contribution in [0.4, 0.5) is 11.8 Å². The highest BCUT2D eigenvalue weighted by atomic mass is 35.5. The van der Waals surface area contributed by atoms with Crippen LogP contribution in [0.3, 0.4) is 0 Å². The molecule has 27 heavy (non-hydrogen) atoms. The number of hydrogen-bond donors (Lipinski definition) is 3. The van der Waals surface area contributed by atoms with Crippen LogP contribution in [0.1, 0.15) is 18.7 Å². The van der Waals surface area contributed by atoms with Gasteiger partial charge in [-0.05, 0) is 24.4 Å². The average Bonchev–Trinajstić information content (AvgIpc) is 3.16. The van der Waals surface area contributed by atoms with Gasteiger partial charge in [0.25, 0.3) is 5.56 Å². The Hall–Kier alpha value is -3.39. The average molecular weight is 383 g/mol. The number of fused-ring (bicyclic) bond motifs is 1. The molecule has 0 saturated heterocycles. The predicted molar refractivity (Wildman–Crippen MR) is 104 cm³/mol. The summed E-state index contributed by atoms with van der Waals surface area (Å²) in [6.45, 7) is 1.89. The second kappa shape index (κ2) is 6.73. The molecule has 4 N–H and O–H groups in total. The molecule has 0 radical (unpaired) electrons. The molecular weight excluding hydrogens is 368 g/mol. The third-order valence-electron chi connectivity index (χ3n) is 4.13. The number of pyridine rings is 1. The molecule has 4 rings (SSSR count). The van der Waals surface area contributed by atoms with Crippen LogP contribution in [-0.2, 0) is 0 Å². The Morgan fingerprint density at radius 1 is 1.33 bits per heavy atom. The van der Waals surface area contributed by atoms with Gasteiger partial charge in [-0.15, -0.1) is 0 Å². The number of hydrogen-bond acceptors (Lipinski definition) is 7. The molecule has 0 bridgehead atoms. The van der Waals surface area contributed by atoms with E-state index in [1.54, 1.807) is 12.1 Å². The molecular formula is C18H15ClN6O2. The number of nitrogens with zero attached hydrogens (tertiary/aromatic N) is 3. The zero-order valence-corrected chi connectivity index (χ0v) is 15.0. The number of benzene rings is 1. The fraction of sp³-hybridized carbons (Fsp3) is 0.111. The van der Waals surface area contributed by atoms with E-state index in [2.05, 4.69) is 25.3 Å². The van der Waals surface area contributed by atoms with E-state index in [4.69, 9.17) is 21.8 Å². The second-order valence-corrected chi connectivity index (χ2v) is 6.36. The lowest BCUT2D eigenvalue weighted by Crippen LogP contribution is -2.17. The number of oxazole rings is 1. The summed E-state index contributed by atoms with van der Waals surface area (Å²) in [4.78, 5) is 27.7. The van der Waals surface area contributed by atoms with Gasteiger partial charge in [0.2, 0.25) is 11.8 Å². The Bertz CT molecular complexity index is 1170. The smallest absolute Gasteiger partial charge is 0.257 e. The predicted octanol–water partition coefficient (Wildman–Crippen LogP) is 3.38. The van der Waals surface area contributed by atoms with E-state index < -0.39 is 0 Å². The van der Waals surface area contributed by atoms with Gasteiger partial charge in [-0.2, -0.15) is 4.98 Å². The van der Waals surface area contributed by atoms with Crippen LogP contribution in [0, 0.1) is 0 Å². The summed E-state index contributed by atoms with van der Waals surface area (Å²) >= 11 is 6.14. The van der Waals surface area contributed by atoms with Gasteiger partial charge in [0.1, 0.15) is 12.1 Å². The van der Waals surface area contributed by atoms with Crippen molar-refractivity contribution < 1.29 is 4.42 Å². The summed E-state index contributed by atoms with van der Waals surface area (Å²) in [7, 11) is 0. The molecule has 0 saturated carbocycles. The number of aromatic amines is 1. The number of rotatable bonds is 4. The molecule has 136 valence electrons. The van der Waals surface area contributed by atoms with Crippen molar-refractivity contribution in [3.05, 3.63) is 64.0 Å². The summed E-state index contributed by atoms with van der Waals surface area (Å²) in [5.74, 6) is 0.923. The number of nitrogens with one attached hydrogen (secondary N) is 2. The van der Waals surface area contributed by atoms with Gasteiger partial charge < -0.3 is 20.5 Å². The van der Waals surface area contributed by atoms with E-state index >= 15 is 0 Å². The molecule has 9 heteroatoms. The van der Waals surface area contributed by atoms with Crippen LogP contribution in [0.5, 0.6) is 0 Å². The highest BCUT2D eigenvalue weighted by Gasteiger charge is 2.17. The van der Waals surface area contributed by atoms with Crippen molar-refractivity contribution in [1.29, 1.82) is 0 Å². The minimum atomic E-state index is -0.288. The largest absolute Gasteiger partial charge is 0.444 e. The third kappa shape index (κ3) is 3.22. The van der Waals surface area contributed by atoms with Gasteiger partial charge in [-0.1, -0.05) is 23.7 Å². The van der Waals surface area contributed by atoms with E-state index in [9.17, 15) is 4.79 Å². The Balaban J connectivity index is 1.73. The fourth-order valence-corrected chi connectivity index (χ4v) is 3.10. The summed E-state index contributed by atoms with van der Waals surface area (Å²) in [6.07, 6.45) is 4.53. The normalized spacial score (nSPS) is 12.2. The summed E-state index contributed by atoms with van der Waals surface area (Å²) in [6, 6.07) is 6.91. The lowest BCUT2D eigenvalue weighted by atomic mass is 10.1. The lowest BCUT2D eigenvalue weighted by molar-refractivity contribution is 0.574. The highest BCUT2D eigenvalue weighted by molar-refractivity contribution is 6.35. The van der Waals surface area contributed by atoms with Crippen LogP contribution >= 0.6 is 11.6 Å². The van der Waals surface area contributed by atoms with Gasteiger partial charge in [0.05, 0.1) is 28.2 Å². The molecule has 0 spiro atoms. The fourth-order valence-electron chi connectivity index (χ4n) is 2.83. The van der Waals surface area contributed by atoms with E-state index in [0.717, 1.165) is 5.39 Å². The number of halogens is 1. The molecule has 0 aliphatic carbocycles. The molecule has 0 amide bonds. The van der Waals surface area contributed by atoms with Gasteiger partial charge in [0.15, 0.2) is 0 Å². The Morgan fingerprint density at radius 2 is 2.19 bits per heavy atom. The van der Waals surface area contributed by atoms with Crippen molar-refractivity contribution in [2.24, 2.45) is 0 Å². The standard InChI is InChI=1S/C18H15ClN6O2/c1-9(13-7-10-3-2-4-12(19)14(10)16(26)24-13)23-15-11(8-22-18(20)25-15)17-21-5-6-27-17/h2-9H,1H3,(H,24,26)(H3,20,22,23,25). The van der Waals surface area contributed by atoms with Gasteiger partial charge in [0, 0.05) is 11.9 Å². The first kappa shape index (κ1) is 17.0. The topological polar surface area (TPSA) is 123 Å². The lowest BCUT2D eigenvalue weighted by Gasteiger charge is -2.17. The minimum absolute atomic E-state index is 0.110. The molecule has 0 aliphatic rings. The van der Waals surface area contributed by atoms with E-state index in [-0.39, 0.29) is 17.5 Å². The van der Waals surface area contributed by atoms with Crippen molar-refractivity contribution in [3.63, 3.8) is 0 Å². The quantitative estimate of drug-likeness (QED) is 0.494. The molecule has 8 nitrogen and oxygen atoms in total. The maximum atomic E-state index is 12.4. The first-order valence-corrected chi connectivity index (χ1v) is 8.51. The third-order valence-corrected chi connectivity index (χ3v) is 4.45. The number of aromatic nitrogens is 4. The SMILES string of the molecule is CC(Nc1nc(N)ncc1-c1ncco1)c1cc2cccc(Cl)c2c(=O)[nH]1. The maximum Gasteiger partial charge on any atom is 0.257 e. The Kier molecular flexibility index (Phi) is 4.25. The summed E-state index contributed by atoms with van der Waals surface area (Å²) in [5.41, 5.74) is 6.71. The molecule has 0 aliphatic heterocycles. The Labute approximate surface area is 158 Å². The van der Waals surface area contributed by atoms with E-state index in [0.29, 0.717) is 33.4 Å². The second-order valence-electron chi connectivity index (χ2n) is 5.95. The van der Waals surface area contributed by atoms with Crippen LogP contribution in [0.15, 0.2) is 52.1 Å². The molecule has 4 aromatic rings. The van der Waals surface area contributed by atoms with Crippen LogP contribution in [-0.4, -0.2) is 19.9 Å². The van der Waals surface area contributed by atoms with Crippen molar-refractivity contribution in [2.75, 3.05) is 11.1 Å². The van der Waals surface area contributed by atoms with Gasteiger partial charge >= 0.3 is 0 Å². The van der Waals surface area contributed by atoms with Crippen molar-refractivity contribution in [3.8, 4) is 11.5 Å². The maximum absolute atomic E-state index is 12.4. The summed E-state index contributed by atoms with van der Waals surface area (Å²) in [5, 5.41) is 4.86. The van der Waals surface area contributed by atoms with Gasteiger partial charge in [-0.3, -0.25) is 4.79 Å². The summed E-state index contributed by atoms with van der Waals surface area (Å²) < 4.78 is 5.33. The van der Waals surface area contributed by atoms with Crippen molar-refractivity contribution in [1.82, 2.24) is 19.9 Å². The van der Waals surface area contributed by atoms with Crippen molar-refractivity contribution in [2.45, 2.75) is 13.0 Å². The molecule has 1 unspecified atom stereocenters. The number of nitrogens with two attached hydrogens (primary N) is 1. The Morgan fingerprint density at radius 3 is 2.96 bits per heavy atom. The zero-order chi connectivity index (χ0) is 19.0. The monoisotopic (exact) mass is 382 g/mol. The molecule has 1 aromatic carbocycles. The van der Waals surface area contributed by atoms with Crippen LogP contribution in [0.2, 0.25) is 5.02 Å². The molecule has 3 heterocycles. The first-order valence-electron chi connectivity index (χ1n) is 8.13. The minimum Gasteiger partial charge on any atom is -0.444 e. The highest BCUT2D eigenvalue weighted by Crippen LogP contribution is 2.28. The molecule has 0 fully saturated rings. The first-order chi connectivity index (χ1) is 13.0. The van der Waals surface area contributed by atoms with Crippen LogP contribution in [0.25, 0.3) is 22.2 Å². The van der Waals surface area contributed by atoms with Crippen molar-refractivity contribution >= 4 is 34.1 Å². The van der Waals surface area contributed by atoms with E-state index in [1.807, 2.05) is 19.1 Å².